The molecular formula is C17H17N3. The third-order valence-electron chi connectivity index (χ3n) is 3.23. The SMILES string of the molecule is C/C(=C\c1ccccc1)CNc1ccc2cn[nH]c2c1. The highest BCUT2D eigenvalue weighted by atomic mass is 15.1. The highest BCUT2D eigenvalue weighted by molar-refractivity contribution is 5.81. The predicted molar refractivity (Wildman–Crippen MR) is 84.7 cm³/mol. The van der Waals surface area contributed by atoms with Gasteiger partial charge in [-0.05, 0) is 30.7 Å². The Hall–Kier alpha value is -2.55. The van der Waals surface area contributed by atoms with E-state index in [0.717, 1.165) is 23.1 Å². The number of fused-ring (bicyclic) bond motifs is 1. The number of hydrogen-bond acceptors (Lipinski definition) is 2. The van der Waals surface area contributed by atoms with Gasteiger partial charge < -0.3 is 5.32 Å². The van der Waals surface area contributed by atoms with E-state index in [2.05, 4.69) is 71.0 Å². The van der Waals surface area contributed by atoms with Crippen molar-refractivity contribution in [1.29, 1.82) is 0 Å². The average molecular weight is 263 g/mol. The molecule has 2 N–H and O–H groups in total. The Morgan fingerprint density at radius 2 is 2.05 bits per heavy atom. The molecule has 100 valence electrons. The van der Waals surface area contributed by atoms with Gasteiger partial charge in [-0.1, -0.05) is 42.0 Å². The van der Waals surface area contributed by atoms with E-state index in [0.29, 0.717) is 0 Å². The van der Waals surface area contributed by atoms with Crippen LogP contribution in [0.2, 0.25) is 0 Å². The van der Waals surface area contributed by atoms with Gasteiger partial charge in [-0.25, -0.2) is 0 Å². The minimum absolute atomic E-state index is 0.828. The van der Waals surface area contributed by atoms with Crippen molar-refractivity contribution in [3.8, 4) is 0 Å². The van der Waals surface area contributed by atoms with E-state index in [-0.39, 0.29) is 0 Å². The Bertz CT molecular complexity index is 726. The third-order valence-corrected chi connectivity index (χ3v) is 3.23. The number of anilines is 1. The molecule has 0 fully saturated rings. The smallest absolute Gasteiger partial charge is 0.0670 e. The maximum atomic E-state index is 4.03. The maximum absolute atomic E-state index is 4.03. The first kappa shape index (κ1) is 12.5. The molecule has 0 saturated carbocycles. The molecule has 1 aromatic heterocycles. The summed E-state index contributed by atoms with van der Waals surface area (Å²) < 4.78 is 0. The van der Waals surface area contributed by atoms with Crippen molar-refractivity contribution >= 4 is 22.7 Å². The van der Waals surface area contributed by atoms with Gasteiger partial charge in [0.2, 0.25) is 0 Å². The van der Waals surface area contributed by atoms with Crippen LogP contribution in [0.5, 0.6) is 0 Å². The minimum atomic E-state index is 0.828. The molecule has 0 spiro atoms. The zero-order valence-corrected chi connectivity index (χ0v) is 11.4. The molecular weight excluding hydrogens is 246 g/mol. The van der Waals surface area contributed by atoms with E-state index in [4.69, 9.17) is 0 Å². The van der Waals surface area contributed by atoms with Crippen LogP contribution in [0.3, 0.4) is 0 Å². The predicted octanol–water partition coefficient (Wildman–Crippen LogP) is 4.08. The molecule has 3 nitrogen and oxygen atoms in total. The number of rotatable bonds is 4. The summed E-state index contributed by atoms with van der Waals surface area (Å²) >= 11 is 0. The van der Waals surface area contributed by atoms with Gasteiger partial charge in [0, 0.05) is 17.6 Å². The molecule has 0 bridgehead atoms. The van der Waals surface area contributed by atoms with E-state index in [1.54, 1.807) is 0 Å². The fraction of sp³-hybridized carbons (Fsp3) is 0.118. The molecule has 0 aliphatic carbocycles. The Kier molecular flexibility index (Phi) is 3.50. The van der Waals surface area contributed by atoms with Gasteiger partial charge >= 0.3 is 0 Å². The monoisotopic (exact) mass is 263 g/mol. The third kappa shape index (κ3) is 2.88. The molecule has 0 unspecified atom stereocenters. The zero-order chi connectivity index (χ0) is 13.8. The van der Waals surface area contributed by atoms with Crippen LogP contribution in [0, 0.1) is 0 Å². The summed E-state index contributed by atoms with van der Waals surface area (Å²) in [6.45, 7) is 2.96. The fourth-order valence-corrected chi connectivity index (χ4v) is 2.17. The van der Waals surface area contributed by atoms with E-state index >= 15 is 0 Å². The van der Waals surface area contributed by atoms with E-state index < -0.39 is 0 Å². The molecule has 0 aliphatic rings. The van der Waals surface area contributed by atoms with E-state index in [9.17, 15) is 0 Å². The van der Waals surface area contributed by atoms with Gasteiger partial charge in [0.05, 0.1) is 11.7 Å². The van der Waals surface area contributed by atoms with Crippen molar-refractivity contribution in [2.24, 2.45) is 0 Å². The molecule has 0 aliphatic heterocycles. The van der Waals surface area contributed by atoms with Crippen LogP contribution in [0.25, 0.3) is 17.0 Å². The molecule has 20 heavy (non-hydrogen) atoms. The van der Waals surface area contributed by atoms with Crippen molar-refractivity contribution < 1.29 is 0 Å². The maximum Gasteiger partial charge on any atom is 0.0670 e. The first-order valence-electron chi connectivity index (χ1n) is 6.70. The highest BCUT2D eigenvalue weighted by Gasteiger charge is 1.98. The lowest BCUT2D eigenvalue weighted by molar-refractivity contribution is 1.12. The number of nitrogens with one attached hydrogen (secondary N) is 2. The summed E-state index contributed by atoms with van der Waals surface area (Å²) in [4.78, 5) is 0. The number of hydrogen-bond donors (Lipinski definition) is 2. The second-order valence-corrected chi connectivity index (χ2v) is 4.93. The van der Waals surface area contributed by atoms with Gasteiger partial charge in [0.1, 0.15) is 0 Å². The summed E-state index contributed by atoms with van der Waals surface area (Å²) in [5, 5.41) is 11.6. The van der Waals surface area contributed by atoms with Crippen LogP contribution >= 0.6 is 0 Å². The van der Waals surface area contributed by atoms with Crippen LogP contribution in [0.1, 0.15) is 12.5 Å². The summed E-state index contributed by atoms with van der Waals surface area (Å²) in [7, 11) is 0. The van der Waals surface area contributed by atoms with Crippen molar-refractivity contribution in [1.82, 2.24) is 10.2 Å². The van der Waals surface area contributed by atoms with Gasteiger partial charge in [-0.15, -0.1) is 0 Å². The number of nitrogens with zero attached hydrogens (tertiary/aromatic N) is 1. The summed E-state index contributed by atoms with van der Waals surface area (Å²) in [6.07, 6.45) is 4.03. The van der Waals surface area contributed by atoms with Gasteiger partial charge in [-0.3, -0.25) is 5.10 Å². The lowest BCUT2D eigenvalue weighted by Crippen LogP contribution is -2.02. The molecule has 3 rings (SSSR count). The molecule has 1 heterocycles. The largest absolute Gasteiger partial charge is 0.381 e. The van der Waals surface area contributed by atoms with Crippen LogP contribution < -0.4 is 5.32 Å². The molecule has 2 aromatic carbocycles. The fourth-order valence-electron chi connectivity index (χ4n) is 2.17. The number of aromatic amines is 1. The van der Waals surface area contributed by atoms with Crippen molar-refractivity contribution in [3.05, 3.63) is 65.9 Å². The lowest BCUT2D eigenvalue weighted by Gasteiger charge is -2.07. The van der Waals surface area contributed by atoms with Crippen LogP contribution in [0.4, 0.5) is 5.69 Å². The van der Waals surface area contributed by atoms with Crippen LogP contribution in [-0.4, -0.2) is 16.7 Å². The van der Waals surface area contributed by atoms with Crippen molar-refractivity contribution in [2.45, 2.75) is 6.92 Å². The average Bonchev–Trinajstić information content (AvgIpc) is 2.93. The van der Waals surface area contributed by atoms with E-state index in [1.807, 2.05) is 12.3 Å². The number of H-pyrrole nitrogens is 1. The molecule has 0 amide bonds. The van der Waals surface area contributed by atoms with Gasteiger partial charge in [-0.2, -0.15) is 5.10 Å². The first-order valence-corrected chi connectivity index (χ1v) is 6.70. The molecule has 3 heteroatoms. The normalized spacial score (nSPS) is 11.8. The van der Waals surface area contributed by atoms with E-state index in [1.165, 1.54) is 11.1 Å². The molecule has 3 aromatic rings. The minimum Gasteiger partial charge on any atom is -0.381 e. The quantitative estimate of drug-likeness (QED) is 0.744. The Morgan fingerprint density at radius 1 is 1.20 bits per heavy atom. The zero-order valence-electron chi connectivity index (χ0n) is 11.4. The number of aromatic nitrogens is 2. The van der Waals surface area contributed by atoms with Crippen LogP contribution in [-0.2, 0) is 0 Å². The lowest BCUT2D eigenvalue weighted by atomic mass is 10.1. The van der Waals surface area contributed by atoms with Crippen molar-refractivity contribution in [2.75, 3.05) is 11.9 Å². The summed E-state index contributed by atoms with van der Waals surface area (Å²) in [5.74, 6) is 0. The Balaban J connectivity index is 1.68. The van der Waals surface area contributed by atoms with Crippen LogP contribution in [0.15, 0.2) is 60.3 Å². The molecule has 0 saturated heterocycles. The second-order valence-electron chi connectivity index (χ2n) is 4.93. The Morgan fingerprint density at radius 3 is 2.90 bits per heavy atom. The standard InChI is InChI=1S/C17H17N3/c1-13(9-14-5-3-2-4-6-14)11-18-16-8-7-15-12-19-20-17(15)10-16/h2-10,12,18H,11H2,1H3,(H,19,20)/b13-9+. The number of benzene rings is 2. The highest BCUT2D eigenvalue weighted by Crippen LogP contribution is 2.17. The van der Waals surface area contributed by atoms with Gasteiger partial charge in [0.25, 0.3) is 0 Å². The van der Waals surface area contributed by atoms with Crippen molar-refractivity contribution in [3.63, 3.8) is 0 Å². The summed E-state index contributed by atoms with van der Waals surface area (Å²) in [6, 6.07) is 16.6. The Labute approximate surface area is 118 Å². The topological polar surface area (TPSA) is 40.7 Å². The second kappa shape index (κ2) is 5.61. The van der Waals surface area contributed by atoms with Gasteiger partial charge in [0.15, 0.2) is 0 Å². The molecule has 0 atom stereocenters. The molecule has 0 radical (unpaired) electrons. The summed E-state index contributed by atoms with van der Waals surface area (Å²) in [5.41, 5.74) is 4.68. The first-order chi connectivity index (χ1) is 9.81.